The van der Waals surface area contributed by atoms with Crippen LogP contribution >= 0.6 is 11.6 Å². The summed E-state index contributed by atoms with van der Waals surface area (Å²) in [7, 11) is 0. The maximum atomic E-state index is 13.8. The van der Waals surface area contributed by atoms with Gasteiger partial charge in [-0.15, -0.1) is 0 Å². The number of aryl methyl sites for hydroxylation is 1. The summed E-state index contributed by atoms with van der Waals surface area (Å²) >= 11 is 5.82. The monoisotopic (exact) mass is 416 g/mol. The fourth-order valence-corrected chi connectivity index (χ4v) is 3.71. The van der Waals surface area contributed by atoms with Gasteiger partial charge in [-0.2, -0.15) is 13.2 Å². The summed E-state index contributed by atoms with van der Waals surface area (Å²) in [5.74, 6) is 0.250. The van der Waals surface area contributed by atoms with Crippen LogP contribution in [0.1, 0.15) is 35.4 Å². The molecule has 0 spiro atoms. The highest BCUT2D eigenvalue weighted by molar-refractivity contribution is 6.31. The normalized spacial score (nSPS) is 14.9. The Morgan fingerprint density at radius 3 is 2.59 bits per heavy atom. The van der Waals surface area contributed by atoms with E-state index in [4.69, 9.17) is 11.6 Å². The van der Waals surface area contributed by atoms with Gasteiger partial charge in [0.1, 0.15) is 16.5 Å². The van der Waals surface area contributed by atoms with E-state index in [0.717, 1.165) is 24.0 Å². The molecule has 1 aromatic carbocycles. The maximum Gasteiger partial charge on any atom is 0.420 e. The lowest BCUT2D eigenvalue weighted by Crippen LogP contribution is -2.12. The molecule has 1 N–H and O–H groups in total. The van der Waals surface area contributed by atoms with Gasteiger partial charge in [-0.25, -0.2) is 15.0 Å². The molecule has 3 heterocycles. The van der Waals surface area contributed by atoms with E-state index >= 15 is 0 Å². The van der Waals surface area contributed by atoms with Crippen molar-refractivity contribution in [2.75, 3.05) is 5.32 Å². The molecule has 0 unspecified atom stereocenters. The summed E-state index contributed by atoms with van der Waals surface area (Å²) in [4.78, 5) is 12.3. The SMILES string of the molecule is C=C1CCCc2ccccc2C(=C)Nc2nc1nc1cnc(Cl)c(C(F)(F)F)c21. The van der Waals surface area contributed by atoms with Gasteiger partial charge in [0, 0.05) is 11.3 Å². The molecule has 2 bridgehead atoms. The molecule has 1 aliphatic heterocycles. The van der Waals surface area contributed by atoms with Crippen molar-refractivity contribution in [2.45, 2.75) is 25.4 Å². The first kappa shape index (κ1) is 19.4. The Labute approximate surface area is 170 Å². The third kappa shape index (κ3) is 3.58. The van der Waals surface area contributed by atoms with E-state index in [-0.39, 0.29) is 22.5 Å². The highest BCUT2D eigenvalue weighted by Gasteiger charge is 2.38. The third-order valence-corrected chi connectivity index (χ3v) is 5.12. The van der Waals surface area contributed by atoms with Gasteiger partial charge in [-0.1, -0.05) is 49.0 Å². The van der Waals surface area contributed by atoms with Gasteiger partial charge in [-0.05, 0) is 30.4 Å². The van der Waals surface area contributed by atoms with E-state index in [1.165, 1.54) is 6.20 Å². The van der Waals surface area contributed by atoms with Crippen LogP contribution in [0, 0.1) is 0 Å². The maximum absolute atomic E-state index is 13.8. The number of alkyl halides is 3. The summed E-state index contributed by atoms with van der Waals surface area (Å²) in [6, 6.07) is 7.63. The molecule has 3 aromatic rings. The van der Waals surface area contributed by atoms with Crippen molar-refractivity contribution in [3.63, 3.8) is 0 Å². The number of halogens is 4. The Bertz CT molecular complexity index is 1150. The van der Waals surface area contributed by atoms with E-state index in [0.29, 0.717) is 17.7 Å². The summed E-state index contributed by atoms with van der Waals surface area (Å²) in [5, 5.41) is 2.07. The van der Waals surface area contributed by atoms with Crippen molar-refractivity contribution in [3.05, 3.63) is 71.3 Å². The van der Waals surface area contributed by atoms with Gasteiger partial charge in [-0.3, -0.25) is 0 Å². The average Bonchev–Trinajstić information content (AvgIpc) is 2.68. The first-order chi connectivity index (χ1) is 13.8. The van der Waals surface area contributed by atoms with Crippen LogP contribution in [0.15, 0.2) is 43.6 Å². The molecule has 0 saturated heterocycles. The van der Waals surface area contributed by atoms with Crippen LogP contribution in [0.2, 0.25) is 5.15 Å². The Kier molecular flexibility index (Phi) is 4.78. The van der Waals surface area contributed by atoms with Crippen LogP contribution < -0.4 is 5.32 Å². The first-order valence-electron chi connectivity index (χ1n) is 8.91. The molecule has 29 heavy (non-hydrogen) atoms. The number of nitrogens with one attached hydrogen (secondary N) is 1. The van der Waals surface area contributed by atoms with Gasteiger partial charge >= 0.3 is 6.18 Å². The molecule has 4 nitrogen and oxygen atoms in total. The average molecular weight is 417 g/mol. The minimum atomic E-state index is -4.73. The van der Waals surface area contributed by atoms with Crippen molar-refractivity contribution in [1.29, 1.82) is 0 Å². The summed E-state index contributed by atoms with van der Waals surface area (Å²) in [6.07, 6.45) is -1.33. The topological polar surface area (TPSA) is 50.7 Å². The highest BCUT2D eigenvalue weighted by Crippen LogP contribution is 2.41. The fraction of sp³-hybridized carbons (Fsp3) is 0.190. The molecule has 1 aliphatic rings. The largest absolute Gasteiger partial charge is 0.420 e. The van der Waals surface area contributed by atoms with E-state index in [1.807, 2.05) is 24.3 Å². The number of nitrogens with zero attached hydrogens (tertiary/aromatic N) is 3. The van der Waals surface area contributed by atoms with Gasteiger partial charge in [0.25, 0.3) is 0 Å². The predicted octanol–water partition coefficient (Wildman–Crippen LogP) is 6.13. The van der Waals surface area contributed by atoms with Crippen LogP contribution in [0.5, 0.6) is 0 Å². The Balaban J connectivity index is 2.01. The predicted molar refractivity (Wildman–Crippen MR) is 108 cm³/mol. The molecule has 0 saturated carbocycles. The van der Waals surface area contributed by atoms with Crippen molar-refractivity contribution < 1.29 is 13.2 Å². The molecular formula is C21H16ClF3N4. The van der Waals surface area contributed by atoms with Crippen LogP contribution in [-0.2, 0) is 12.6 Å². The number of rotatable bonds is 0. The van der Waals surface area contributed by atoms with Crippen molar-refractivity contribution >= 4 is 39.6 Å². The molecule has 4 rings (SSSR count). The van der Waals surface area contributed by atoms with Gasteiger partial charge in [0.05, 0.1) is 17.1 Å². The smallest absolute Gasteiger partial charge is 0.340 e. The van der Waals surface area contributed by atoms with E-state index < -0.39 is 16.9 Å². The van der Waals surface area contributed by atoms with Crippen LogP contribution in [0.25, 0.3) is 22.2 Å². The molecule has 0 atom stereocenters. The quantitative estimate of drug-likeness (QED) is 0.448. The Morgan fingerprint density at radius 2 is 1.83 bits per heavy atom. The number of allylic oxidation sites excluding steroid dienone is 1. The number of benzene rings is 1. The number of pyridine rings is 1. The first-order valence-corrected chi connectivity index (χ1v) is 9.29. The number of aromatic nitrogens is 3. The highest BCUT2D eigenvalue weighted by atomic mass is 35.5. The summed E-state index contributed by atoms with van der Waals surface area (Å²) in [5.41, 5.74) is 1.91. The third-order valence-electron chi connectivity index (χ3n) is 4.83. The van der Waals surface area contributed by atoms with Crippen LogP contribution in [0.3, 0.4) is 0 Å². The van der Waals surface area contributed by atoms with E-state index in [2.05, 4.69) is 33.4 Å². The minimum absolute atomic E-state index is 0.0236. The lowest BCUT2D eigenvalue weighted by atomic mass is 9.99. The van der Waals surface area contributed by atoms with Crippen molar-refractivity contribution in [2.24, 2.45) is 0 Å². The standard InChI is InChI=1S/C21H16ClF3N4/c1-11-6-5-8-13-7-3-4-9-14(13)12(2)27-20-16-15(28-19(11)29-20)10-26-18(22)17(16)21(23,24)25/h3-4,7,9-10H,1-2,5-6,8H2,(H,27,28,29). The van der Waals surface area contributed by atoms with Gasteiger partial charge in [0.15, 0.2) is 5.82 Å². The van der Waals surface area contributed by atoms with E-state index in [9.17, 15) is 13.2 Å². The molecular weight excluding hydrogens is 401 g/mol. The zero-order valence-corrected chi connectivity index (χ0v) is 16.0. The zero-order valence-electron chi connectivity index (χ0n) is 15.3. The number of hydrogen-bond acceptors (Lipinski definition) is 4. The lowest BCUT2D eigenvalue weighted by molar-refractivity contribution is -0.136. The van der Waals surface area contributed by atoms with Gasteiger partial charge in [0.2, 0.25) is 0 Å². The van der Waals surface area contributed by atoms with Crippen LogP contribution in [0.4, 0.5) is 19.0 Å². The Morgan fingerprint density at radius 1 is 1.07 bits per heavy atom. The molecule has 0 aliphatic carbocycles. The van der Waals surface area contributed by atoms with E-state index in [1.54, 1.807) is 0 Å². The Hall–Kier alpha value is -2.93. The second kappa shape index (κ2) is 7.15. The number of fused-ring (bicyclic) bond motifs is 5. The van der Waals surface area contributed by atoms with Gasteiger partial charge < -0.3 is 5.32 Å². The van der Waals surface area contributed by atoms with Crippen molar-refractivity contribution in [3.8, 4) is 0 Å². The molecule has 0 fully saturated rings. The van der Waals surface area contributed by atoms with Crippen molar-refractivity contribution in [1.82, 2.24) is 15.0 Å². The summed E-state index contributed by atoms with van der Waals surface area (Å²) in [6.45, 7) is 8.05. The molecule has 0 amide bonds. The molecule has 2 aromatic heterocycles. The summed E-state index contributed by atoms with van der Waals surface area (Å²) < 4.78 is 41.3. The number of anilines is 1. The number of hydrogen-bond donors (Lipinski definition) is 1. The lowest BCUT2D eigenvalue weighted by Gasteiger charge is -2.18. The molecule has 8 heteroatoms. The molecule has 0 radical (unpaired) electrons. The molecule has 148 valence electrons. The minimum Gasteiger partial charge on any atom is -0.340 e. The second-order valence-electron chi connectivity index (χ2n) is 6.80. The fourth-order valence-electron chi connectivity index (χ4n) is 3.46. The second-order valence-corrected chi connectivity index (χ2v) is 7.15. The van der Waals surface area contributed by atoms with Crippen LogP contribution in [-0.4, -0.2) is 15.0 Å². The zero-order chi connectivity index (χ0) is 20.8.